The minimum absolute atomic E-state index is 0.541. The fourth-order valence-electron chi connectivity index (χ4n) is 1.13. The van der Waals surface area contributed by atoms with Gasteiger partial charge in [-0.2, -0.15) is 0 Å². The summed E-state index contributed by atoms with van der Waals surface area (Å²) in [6.07, 6.45) is -0.215. The van der Waals surface area contributed by atoms with E-state index in [2.05, 4.69) is 10.1 Å². The van der Waals surface area contributed by atoms with Crippen LogP contribution in [0.15, 0.2) is 0 Å². The van der Waals surface area contributed by atoms with Crippen LogP contribution in [-0.2, 0) is 4.74 Å². The molecule has 0 saturated carbocycles. The first-order valence-electron chi connectivity index (χ1n) is 3.54. The van der Waals surface area contributed by atoms with E-state index in [1.165, 1.54) is 0 Å². The van der Waals surface area contributed by atoms with E-state index in [1.807, 2.05) is 0 Å². The third-order valence-electron chi connectivity index (χ3n) is 1.74. The van der Waals surface area contributed by atoms with Gasteiger partial charge < -0.3 is 15.2 Å². The maximum Gasteiger partial charge on any atom is 0.507 e. The van der Waals surface area contributed by atoms with E-state index in [0.717, 1.165) is 0 Å². The van der Waals surface area contributed by atoms with Crippen molar-refractivity contribution in [2.45, 2.75) is 18.6 Å². The molecule has 0 unspecified atom stereocenters. The number of nitrogens with two attached hydrogens (primary N) is 1. The van der Waals surface area contributed by atoms with Crippen molar-refractivity contribution in [3.05, 3.63) is 0 Å². The quantitative estimate of drug-likeness (QED) is 0.363. The van der Waals surface area contributed by atoms with Crippen molar-refractivity contribution in [3.8, 4) is 0 Å². The van der Waals surface area contributed by atoms with E-state index in [0.29, 0.717) is 25.9 Å². The average Bonchev–Trinajstić information content (AvgIpc) is 1.85. The summed E-state index contributed by atoms with van der Waals surface area (Å²) in [5.41, 5.74) is 4.66. The highest BCUT2D eigenvalue weighted by atomic mass is 16.7. The highest BCUT2D eigenvalue weighted by Crippen LogP contribution is 2.15. The van der Waals surface area contributed by atoms with Crippen LogP contribution in [0.1, 0.15) is 12.8 Å². The molecular weight excluding hydrogens is 148 g/mol. The second-order valence-electron chi connectivity index (χ2n) is 2.68. The molecule has 1 aliphatic heterocycles. The molecule has 0 aromatic heterocycles. The van der Waals surface area contributed by atoms with Gasteiger partial charge in [-0.05, 0) is 0 Å². The molecule has 0 atom stereocenters. The first kappa shape index (κ1) is 8.29. The standard InChI is InChI=1S/C6H12N2O3/c7-6(11-5(9)10)1-3-8-4-2-6/h8H,1-4,7H2,(H,9,10). The van der Waals surface area contributed by atoms with Crippen molar-refractivity contribution >= 4 is 6.16 Å². The predicted octanol–water partition coefficient (Wildman–Crippen LogP) is -0.281. The van der Waals surface area contributed by atoms with E-state index in [9.17, 15) is 4.79 Å². The van der Waals surface area contributed by atoms with Gasteiger partial charge in [0.05, 0.1) is 0 Å². The SMILES string of the molecule is NC1(OC(=O)O)CCNCC1. The largest absolute Gasteiger partial charge is 0.507 e. The van der Waals surface area contributed by atoms with Crippen LogP contribution in [0.3, 0.4) is 0 Å². The molecule has 0 aromatic carbocycles. The maximum absolute atomic E-state index is 10.2. The van der Waals surface area contributed by atoms with Crippen LogP contribution < -0.4 is 11.1 Å². The molecule has 0 aromatic rings. The molecule has 1 rings (SSSR count). The summed E-state index contributed by atoms with van der Waals surface area (Å²) in [5, 5.41) is 11.4. The van der Waals surface area contributed by atoms with Gasteiger partial charge in [-0.3, -0.25) is 5.73 Å². The molecule has 1 fully saturated rings. The molecule has 0 spiro atoms. The number of carboxylic acid groups (broad SMARTS) is 1. The van der Waals surface area contributed by atoms with Crippen LogP contribution in [-0.4, -0.2) is 30.1 Å². The predicted molar refractivity (Wildman–Crippen MR) is 38.1 cm³/mol. The van der Waals surface area contributed by atoms with Crippen molar-refractivity contribution in [1.82, 2.24) is 5.32 Å². The van der Waals surface area contributed by atoms with Gasteiger partial charge in [-0.15, -0.1) is 0 Å². The summed E-state index contributed by atoms with van der Waals surface area (Å²) in [4.78, 5) is 10.2. The fraction of sp³-hybridized carbons (Fsp3) is 0.833. The van der Waals surface area contributed by atoms with E-state index in [4.69, 9.17) is 10.8 Å². The fourth-order valence-corrected chi connectivity index (χ4v) is 1.13. The number of carbonyl (C=O) groups is 1. The summed E-state index contributed by atoms with van der Waals surface area (Å²) >= 11 is 0. The third-order valence-corrected chi connectivity index (χ3v) is 1.74. The van der Waals surface area contributed by atoms with E-state index < -0.39 is 11.9 Å². The highest BCUT2D eigenvalue weighted by molar-refractivity contribution is 5.57. The number of hydrogen-bond donors (Lipinski definition) is 3. The van der Waals surface area contributed by atoms with Gasteiger partial charge in [0.15, 0.2) is 5.72 Å². The zero-order chi connectivity index (χ0) is 8.32. The number of hydrogen-bond acceptors (Lipinski definition) is 4. The Kier molecular flexibility index (Phi) is 2.31. The van der Waals surface area contributed by atoms with Gasteiger partial charge in [0.1, 0.15) is 0 Å². The molecule has 0 radical (unpaired) electrons. The number of rotatable bonds is 1. The molecule has 4 N–H and O–H groups in total. The van der Waals surface area contributed by atoms with Crippen molar-refractivity contribution in [2.24, 2.45) is 5.73 Å². The molecule has 0 bridgehead atoms. The lowest BCUT2D eigenvalue weighted by atomic mass is 10.0. The molecule has 5 heteroatoms. The number of nitrogens with one attached hydrogen (secondary N) is 1. The Bertz CT molecular complexity index is 154. The second-order valence-corrected chi connectivity index (χ2v) is 2.68. The Morgan fingerprint density at radius 3 is 2.55 bits per heavy atom. The van der Waals surface area contributed by atoms with Crippen molar-refractivity contribution in [1.29, 1.82) is 0 Å². The first-order chi connectivity index (χ1) is 5.12. The summed E-state index contributed by atoms with van der Waals surface area (Å²) in [7, 11) is 0. The van der Waals surface area contributed by atoms with Gasteiger partial charge in [0.25, 0.3) is 0 Å². The van der Waals surface area contributed by atoms with Gasteiger partial charge in [-0.1, -0.05) is 0 Å². The first-order valence-corrected chi connectivity index (χ1v) is 3.54. The lowest BCUT2D eigenvalue weighted by Crippen LogP contribution is -2.51. The zero-order valence-electron chi connectivity index (χ0n) is 6.17. The Balaban J connectivity index is 2.43. The maximum atomic E-state index is 10.2. The smallest absolute Gasteiger partial charge is 0.450 e. The number of piperidine rings is 1. The van der Waals surface area contributed by atoms with Gasteiger partial charge in [0, 0.05) is 25.9 Å². The minimum Gasteiger partial charge on any atom is -0.450 e. The summed E-state index contributed by atoms with van der Waals surface area (Å²) in [6, 6.07) is 0. The number of ether oxygens (including phenoxy) is 1. The van der Waals surface area contributed by atoms with E-state index >= 15 is 0 Å². The molecule has 1 aliphatic rings. The van der Waals surface area contributed by atoms with Crippen LogP contribution in [0.2, 0.25) is 0 Å². The van der Waals surface area contributed by atoms with Crippen LogP contribution in [0.4, 0.5) is 4.79 Å². The minimum atomic E-state index is -1.30. The van der Waals surface area contributed by atoms with Gasteiger partial charge in [0.2, 0.25) is 0 Å². The topological polar surface area (TPSA) is 84.6 Å². The van der Waals surface area contributed by atoms with Crippen molar-refractivity contribution in [3.63, 3.8) is 0 Å². The average molecular weight is 160 g/mol. The summed E-state index contributed by atoms with van der Waals surface area (Å²) in [5.74, 6) is 0. The molecule has 5 nitrogen and oxygen atoms in total. The van der Waals surface area contributed by atoms with Crippen LogP contribution >= 0.6 is 0 Å². The Hall–Kier alpha value is -0.810. The lowest BCUT2D eigenvalue weighted by molar-refractivity contribution is -0.0331. The Labute approximate surface area is 64.5 Å². The van der Waals surface area contributed by atoms with Crippen LogP contribution in [0, 0.1) is 0 Å². The van der Waals surface area contributed by atoms with Crippen LogP contribution in [0.5, 0.6) is 0 Å². The Morgan fingerprint density at radius 1 is 1.55 bits per heavy atom. The van der Waals surface area contributed by atoms with E-state index in [-0.39, 0.29) is 0 Å². The lowest BCUT2D eigenvalue weighted by Gasteiger charge is -2.31. The van der Waals surface area contributed by atoms with Crippen molar-refractivity contribution in [2.75, 3.05) is 13.1 Å². The molecule has 0 amide bonds. The van der Waals surface area contributed by atoms with Gasteiger partial charge >= 0.3 is 6.16 Å². The molecular formula is C6H12N2O3. The molecule has 1 heterocycles. The zero-order valence-corrected chi connectivity index (χ0v) is 6.17. The molecule has 64 valence electrons. The monoisotopic (exact) mass is 160 g/mol. The summed E-state index contributed by atoms with van der Waals surface area (Å²) < 4.78 is 4.53. The Morgan fingerprint density at radius 2 is 2.09 bits per heavy atom. The van der Waals surface area contributed by atoms with Crippen molar-refractivity contribution < 1.29 is 14.6 Å². The highest BCUT2D eigenvalue weighted by Gasteiger charge is 2.31. The van der Waals surface area contributed by atoms with Gasteiger partial charge in [-0.25, -0.2) is 4.79 Å². The normalized spacial score (nSPS) is 22.6. The third kappa shape index (κ3) is 2.36. The van der Waals surface area contributed by atoms with Crippen LogP contribution in [0.25, 0.3) is 0 Å². The molecule has 11 heavy (non-hydrogen) atoms. The molecule has 0 aliphatic carbocycles. The van der Waals surface area contributed by atoms with E-state index in [1.54, 1.807) is 0 Å². The molecule has 1 saturated heterocycles. The summed E-state index contributed by atoms with van der Waals surface area (Å²) in [6.45, 7) is 1.42. The second kappa shape index (κ2) is 3.06.